The van der Waals surface area contributed by atoms with Gasteiger partial charge in [-0.3, -0.25) is 4.79 Å². The van der Waals surface area contributed by atoms with Gasteiger partial charge in [0.1, 0.15) is 5.56 Å². The number of ether oxygens (including phenoxy) is 1. The Morgan fingerprint density at radius 1 is 1.31 bits per heavy atom. The van der Waals surface area contributed by atoms with Crippen LogP contribution in [0.4, 0.5) is 18.9 Å². The Labute approximate surface area is 171 Å². The highest BCUT2D eigenvalue weighted by Gasteiger charge is 2.41. The Kier molecular flexibility index (Phi) is 8.22. The van der Waals surface area contributed by atoms with Crippen molar-refractivity contribution in [3.05, 3.63) is 41.7 Å². The van der Waals surface area contributed by atoms with Crippen molar-refractivity contribution in [2.75, 3.05) is 11.9 Å². The summed E-state index contributed by atoms with van der Waals surface area (Å²) in [6, 6.07) is 4.88. The number of anilines is 1. The molecule has 3 N–H and O–H groups in total. The maximum Gasteiger partial charge on any atom is 0.434 e. The first kappa shape index (κ1) is 24.4. The lowest BCUT2D eigenvalue weighted by Gasteiger charge is -2.16. The number of amides is 1. The maximum atomic E-state index is 13.6. The van der Waals surface area contributed by atoms with E-state index in [2.05, 4.69) is 15.2 Å². The van der Waals surface area contributed by atoms with E-state index in [4.69, 9.17) is 5.73 Å². The van der Waals surface area contributed by atoms with Gasteiger partial charge in [-0.25, -0.2) is 9.48 Å². The van der Waals surface area contributed by atoms with E-state index < -0.39 is 35.4 Å². The minimum atomic E-state index is -4.85. The van der Waals surface area contributed by atoms with Crippen molar-refractivity contribution in [3.63, 3.8) is 0 Å². The number of rotatable bonds is 6. The summed E-state index contributed by atoms with van der Waals surface area (Å²) in [6.07, 6.45) is -4.04. The van der Waals surface area contributed by atoms with E-state index in [0.29, 0.717) is 4.68 Å². The smallest absolute Gasteiger partial charge is 0.434 e. The fourth-order valence-corrected chi connectivity index (χ4v) is 2.42. The lowest BCUT2D eigenvalue weighted by atomic mass is 10.0. The topological polar surface area (TPSA) is 99.2 Å². The minimum absolute atomic E-state index is 0. The van der Waals surface area contributed by atoms with Crippen LogP contribution in [-0.2, 0) is 15.7 Å². The molecule has 0 bridgehead atoms. The third-order valence-corrected chi connectivity index (χ3v) is 3.91. The number of benzene rings is 1. The van der Waals surface area contributed by atoms with Crippen LogP contribution in [0.1, 0.15) is 36.8 Å². The van der Waals surface area contributed by atoms with E-state index >= 15 is 0 Å². The molecule has 0 saturated carbocycles. The predicted octanol–water partition coefficient (Wildman–Crippen LogP) is 3.41. The van der Waals surface area contributed by atoms with E-state index in [0.717, 1.165) is 6.20 Å². The summed E-state index contributed by atoms with van der Waals surface area (Å²) < 4.78 is 46.0. The summed E-state index contributed by atoms with van der Waals surface area (Å²) in [4.78, 5) is 24.0. The number of hydrogen-bond donors (Lipinski definition) is 2. The number of nitrogens with one attached hydrogen (secondary N) is 1. The van der Waals surface area contributed by atoms with E-state index in [1.54, 1.807) is 13.8 Å². The van der Waals surface area contributed by atoms with E-state index in [1.165, 1.54) is 31.2 Å². The Hall–Kier alpha value is -2.59. The van der Waals surface area contributed by atoms with Crippen molar-refractivity contribution >= 4 is 30.0 Å². The van der Waals surface area contributed by atoms with Crippen molar-refractivity contribution in [3.8, 4) is 5.69 Å². The quantitative estimate of drug-likeness (QED) is 0.679. The molecule has 0 spiro atoms. The summed E-state index contributed by atoms with van der Waals surface area (Å²) in [5, 5.41) is 6.26. The zero-order valence-electron chi connectivity index (χ0n) is 16.0. The molecule has 1 aromatic carbocycles. The minimum Gasteiger partial charge on any atom is -0.462 e. The van der Waals surface area contributed by atoms with Gasteiger partial charge in [0.05, 0.1) is 24.5 Å². The summed E-state index contributed by atoms with van der Waals surface area (Å²) in [7, 11) is 0. The number of hydrogen-bond acceptors (Lipinski definition) is 5. The average Bonchev–Trinajstić information content (AvgIpc) is 3.07. The zero-order valence-corrected chi connectivity index (χ0v) is 16.8. The predicted molar refractivity (Wildman–Crippen MR) is 103 cm³/mol. The number of carbonyl (C=O) groups excluding carboxylic acids is 2. The van der Waals surface area contributed by atoms with Gasteiger partial charge in [-0.1, -0.05) is 19.9 Å². The average molecular weight is 435 g/mol. The van der Waals surface area contributed by atoms with Gasteiger partial charge in [0.15, 0.2) is 5.69 Å². The van der Waals surface area contributed by atoms with Gasteiger partial charge in [0, 0.05) is 5.69 Å². The van der Waals surface area contributed by atoms with Gasteiger partial charge in [-0.2, -0.15) is 18.3 Å². The number of aromatic nitrogens is 2. The molecule has 2 rings (SSSR count). The fourth-order valence-electron chi connectivity index (χ4n) is 2.42. The first-order valence-corrected chi connectivity index (χ1v) is 8.55. The number of halogens is 4. The molecule has 0 aliphatic heterocycles. The summed E-state index contributed by atoms with van der Waals surface area (Å²) in [5.41, 5.74) is 4.09. The SMILES string of the molecule is CCOC(=O)c1cnn(-c2cccc(NC(=O)[C@@H](N)C(C)C)c2)c1C(F)(F)F.Cl. The zero-order chi connectivity index (χ0) is 21.1. The molecule has 0 fully saturated rings. The van der Waals surface area contributed by atoms with Gasteiger partial charge in [0.2, 0.25) is 5.91 Å². The van der Waals surface area contributed by atoms with Crippen LogP contribution < -0.4 is 11.1 Å². The molecule has 0 radical (unpaired) electrons. The van der Waals surface area contributed by atoms with Crippen molar-refractivity contribution < 1.29 is 27.5 Å². The van der Waals surface area contributed by atoms with Gasteiger partial charge in [-0.15, -0.1) is 12.4 Å². The molecule has 0 unspecified atom stereocenters. The molecule has 1 amide bonds. The van der Waals surface area contributed by atoms with Gasteiger partial charge in [-0.05, 0) is 31.0 Å². The molecule has 0 aliphatic rings. The van der Waals surface area contributed by atoms with Crippen LogP contribution in [0.5, 0.6) is 0 Å². The Morgan fingerprint density at radius 3 is 2.52 bits per heavy atom. The first-order valence-electron chi connectivity index (χ1n) is 8.55. The third kappa shape index (κ3) is 5.70. The normalized spacial score (nSPS) is 12.3. The highest BCUT2D eigenvalue weighted by molar-refractivity contribution is 5.95. The van der Waals surface area contributed by atoms with Crippen LogP contribution in [0.25, 0.3) is 5.69 Å². The highest BCUT2D eigenvalue weighted by atomic mass is 35.5. The van der Waals surface area contributed by atoms with Crippen LogP contribution in [0.15, 0.2) is 30.5 Å². The van der Waals surface area contributed by atoms with Gasteiger partial charge in [0.25, 0.3) is 0 Å². The molecule has 1 heterocycles. The summed E-state index contributed by atoms with van der Waals surface area (Å²) in [6.45, 7) is 4.97. The van der Waals surface area contributed by atoms with E-state index in [-0.39, 0.29) is 36.3 Å². The second-order valence-corrected chi connectivity index (χ2v) is 6.35. The first-order chi connectivity index (χ1) is 13.1. The van der Waals surface area contributed by atoms with Crippen molar-refractivity contribution in [1.82, 2.24) is 9.78 Å². The van der Waals surface area contributed by atoms with Crippen molar-refractivity contribution in [2.45, 2.75) is 33.0 Å². The molecule has 1 aromatic heterocycles. The molecule has 0 aliphatic carbocycles. The summed E-state index contributed by atoms with van der Waals surface area (Å²) >= 11 is 0. The molecule has 0 saturated heterocycles. The van der Waals surface area contributed by atoms with Crippen molar-refractivity contribution in [2.24, 2.45) is 11.7 Å². The van der Waals surface area contributed by atoms with E-state index in [9.17, 15) is 22.8 Å². The lowest BCUT2D eigenvalue weighted by molar-refractivity contribution is -0.143. The largest absolute Gasteiger partial charge is 0.462 e. The van der Waals surface area contributed by atoms with E-state index in [1.807, 2.05) is 0 Å². The molecule has 160 valence electrons. The van der Waals surface area contributed by atoms with Crippen LogP contribution in [0.3, 0.4) is 0 Å². The number of esters is 1. The molecule has 1 atom stereocenters. The second-order valence-electron chi connectivity index (χ2n) is 6.35. The fraction of sp³-hybridized carbons (Fsp3) is 0.389. The number of alkyl halides is 3. The molecular formula is C18H22ClF3N4O3. The monoisotopic (exact) mass is 434 g/mol. The molecule has 29 heavy (non-hydrogen) atoms. The van der Waals surface area contributed by atoms with Crippen LogP contribution in [0, 0.1) is 5.92 Å². The number of carbonyl (C=O) groups is 2. The van der Waals surface area contributed by atoms with Crippen LogP contribution in [0.2, 0.25) is 0 Å². The Morgan fingerprint density at radius 2 is 1.97 bits per heavy atom. The Bertz CT molecular complexity index is 868. The lowest BCUT2D eigenvalue weighted by Crippen LogP contribution is -2.39. The van der Waals surface area contributed by atoms with Crippen LogP contribution >= 0.6 is 12.4 Å². The molecule has 11 heteroatoms. The molecule has 2 aromatic rings. The highest BCUT2D eigenvalue weighted by Crippen LogP contribution is 2.34. The van der Waals surface area contributed by atoms with Crippen LogP contribution in [-0.4, -0.2) is 34.3 Å². The second kappa shape index (κ2) is 9.75. The van der Waals surface area contributed by atoms with Gasteiger partial charge < -0.3 is 15.8 Å². The van der Waals surface area contributed by atoms with Gasteiger partial charge >= 0.3 is 12.1 Å². The number of nitrogens with two attached hydrogens (primary N) is 1. The summed E-state index contributed by atoms with van der Waals surface area (Å²) in [5.74, 6) is -1.69. The third-order valence-electron chi connectivity index (χ3n) is 3.91. The Balaban J connectivity index is 0.00000420. The maximum absolute atomic E-state index is 13.6. The molecule has 7 nitrogen and oxygen atoms in total. The number of nitrogens with zero attached hydrogens (tertiary/aromatic N) is 2. The standard InChI is InChI=1S/C18H21F3N4O3.ClH/c1-4-28-17(27)13-9-23-25(15(13)18(19,20)21)12-7-5-6-11(8-12)24-16(26)14(22)10(2)3;/h5-10,14H,4,22H2,1-3H3,(H,24,26);1H/t14-;/m0./s1. The molecular weight excluding hydrogens is 413 g/mol. The van der Waals surface area contributed by atoms with Crippen molar-refractivity contribution in [1.29, 1.82) is 0 Å².